The maximum atomic E-state index is 10.3. The zero-order valence-corrected chi connectivity index (χ0v) is 9.09. The van der Waals surface area contributed by atoms with Crippen molar-refractivity contribution in [3.8, 4) is 0 Å². The number of nitrogens with two attached hydrogens (primary N) is 1. The van der Waals surface area contributed by atoms with Gasteiger partial charge in [-0.25, -0.2) is 0 Å². The van der Waals surface area contributed by atoms with Gasteiger partial charge < -0.3 is 10.8 Å². The molecule has 0 bridgehead atoms. The van der Waals surface area contributed by atoms with Gasteiger partial charge in [-0.3, -0.25) is 0 Å². The summed E-state index contributed by atoms with van der Waals surface area (Å²) in [6.07, 6.45) is 4.54. The Morgan fingerprint density at radius 2 is 2.50 bits per heavy atom. The summed E-state index contributed by atoms with van der Waals surface area (Å²) in [6, 6.07) is 2.27. The van der Waals surface area contributed by atoms with Crippen LogP contribution < -0.4 is 5.73 Å². The van der Waals surface area contributed by atoms with Crippen LogP contribution in [0.3, 0.4) is 0 Å². The first kappa shape index (κ1) is 10.1. The van der Waals surface area contributed by atoms with Crippen molar-refractivity contribution >= 4 is 11.3 Å². The van der Waals surface area contributed by atoms with E-state index in [2.05, 4.69) is 16.8 Å². The third kappa shape index (κ3) is 2.35. The highest BCUT2D eigenvalue weighted by Crippen LogP contribution is 2.31. The largest absolute Gasteiger partial charge is 0.389 e. The van der Waals surface area contributed by atoms with Gasteiger partial charge in [0.05, 0.1) is 5.60 Å². The topological polar surface area (TPSA) is 46.2 Å². The van der Waals surface area contributed by atoms with E-state index in [0.717, 1.165) is 32.1 Å². The van der Waals surface area contributed by atoms with E-state index in [0.29, 0.717) is 0 Å². The Hall–Kier alpha value is -0.380. The highest BCUT2D eigenvalue weighted by molar-refractivity contribution is 7.07. The summed E-state index contributed by atoms with van der Waals surface area (Å²) >= 11 is 1.69. The highest BCUT2D eigenvalue weighted by atomic mass is 32.1. The fourth-order valence-corrected chi connectivity index (χ4v) is 2.99. The smallest absolute Gasteiger partial charge is 0.0703 e. The SMILES string of the molecule is NC1CCCC(O)(Cc2ccsc2)C1. The molecule has 1 saturated carbocycles. The van der Waals surface area contributed by atoms with Gasteiger partial charge in [0.15, 0.2) is 0 Å². The van der Waals surface area contributed by atoms with Crippen molar-refractivity contribution in [1.29, 1.82) is 0 Å². The number of aliphatic hydroxyl groups is 1. The van der Waals surface area contributed by atoms with Gasteiger partial charge in [-0.15, -0.1) is 0 Å². The maximum absolute atomic E-state index is 10.3. The van der Waals surface area contributed by atoms with Gasteiger partial charge in [0, 0.05) is 12.5 Å². The minimum atomic E-state index is -0.543. The molecule has 1 heterocycles. The lowest BCUT2D eigenvalue weighted by Gasteiger charge is -2.35. The molecule has 1 aromatic heterocycles. The van der Waals surface area contributed by atoms with Crippen molar-refractivity contribution in [2.75, 3.05) is 0 Å². The molecule has 1 fully saturated rings. The molecular weight excluding hydrogens is 194 g/mol. The summed E-state index contributed by atoms with van der Waals surface area (Å²) < 4.78 is 0. The van der Waals surface area contributed by atoms with E-state index < -0.39 is 5.60 Å². The van der Waals surface area contributed by atoms with Crippen LogP contribution >= 0.6 is 11.3 Å². The van der Waals surface area contributed by atoms with E-state index in [1.807, 2.05) is 0 Å². The van der Waals surface area contributed by atoms with Crippen LogP contribution in [-0.2, 0) is 6.42 Å². The summed E-state index contributed by atoms with van der Waals surface area (Å²) in [7, 11) is 0. The lowest BCUT2D eigenvalue weighted by Crippen LogP contribution is -2.42. The van der Waals surface area contributed by atoms with Crippen LogP contribution in [0.2, 0.25) is 0 Å². The third-order valence-electron chi connectivity index (χ3n) is 2.97. The predicted molar refractivity (Wildman–Crippen MR) is 59.4 cm³/mol. The number of thiophene rings is 1. The van der Waals surface area contributed by atoms with Gasteiger partial charge in [-0.05, 0) is 48.1 Å². The van der Waals surface area contributed by atoms with Crippen LogP contribution in [0.4, 0.5) is 0 Å². The molecule has 0 saturated heterocycles. The van der Waals surface area contributed by atoms with Gasteiger partial charge in [0.2, 0.25) is 0 Å². The maximum Gasteiger partial charge on any atom is 0.0703 e. The fourth-order valence-electron chi connectivity index (χ4n) is 2.32. The average Bonchev–Trinajstić information content (AvgIpc) is 2.55. The molecule has 3 heteroatoms. The molecule has 0 spiro atoms. The molecule has 2 nitrogen and oxygen atoms in total. The summed E-state index contributed by atoms with van der Waals surface area (Å²) in [5.74, 6) is 0. The van der Waals surface area contributed by atoms with Crippen LogP contribution in [-0.4, -0.2) is 16.7 Å². The van der Waals surface area contributed by atoms with Crippen molar-refractivity contribution in [3.05, 3.63) is 22.4 Å². The van der Waals surface area contributed by atoms with E-state index in [9.17, 15) is 5.11 Å². The second-order valence-electron chi connectivity index (χ2n) is 4.39. The van der Waals surface area contributed by atoms with Crippen LogP contribution in [0.1, 0.15) is 31.2 Å². The second kappa shape index (κ2) is 4.01. The molecule has 2 rings (SSSR count). The van der Waals surface area contributed by atoms with Crippen LogP contribution in [0.25, 0.3) is 0 Å². The molecule has 1 aliphatic carbocycles. The van der Waals surface area contributed by atoms with Crippen LogP contribution in [0.15, 0.2) is 16.8 Å². The standard InChI is InChI=1S/C11H17NOS/c12-10-2-1-4-11(13,7-10)6-9-3-5-14-8-9/h3,5,8,10,13H,1-2,4,6-7,12H2. The van der Waals surface area contributed by atoms with Crippen LogP contribution in [0.5, 0.6) is 0 Å². The van der Waals surface area contributed by atoms with Gasteiger partial charge in [-0.1, -0.05) is 0 Å². The van der Waals surface area contributed by atoms with E-state index in [1.54, 1.807) is 11.3 Å². The Morgan fingerprint density at radius 1 is 1.64 bits per heavy atom. The Balaban J connectivity index is 2.01. The lowest BCUT2D eigenvalue weighted by atomic mass is 9.79. The van der Waals surface area contributed by atoms with Crippen molar-refractivity contribution in [3.63, 3.8) is 0 Å². The quantitative estimate of drug-likeness (QED) is 0.785. The molecule has 14 heavy (non-hydrogen) atoms. The molecule has 1 aliphatic rings. The zero-order valence-electron chi connectivity index (χ0n) is 8.28. The summed E-state index contributed by atoms with van der Waals surface area (Å²) in [6.45, 7) is 0. The molecule has 3 N–H and O–H groups in total. The van der Waals surface area contributed by atoms with Crippen LogP contribution in [0, 0.1) is 0 Å². The van der Waals surface area contributed by atoms with Gasteiger partial charge >= 0.3 is 0 Å². The lowest BCUT2D eigenvalue weighted by molar-refractivity contribution is -0.00182. The van der Waals surface area contributed by atoms with E-state index in [4.69, 9.17) is 5.73 Å². The van der Waals surface area contributed by atoms with Gasteiger partial charge in [-0.2, -0.15) is 11.3 Å². The molecule has 0 aliphatic heterocycles. The van der Waals surface area contributed by atoms with E-state index >= 15 is 0 Å². The minimum absolute atomic E-state index is 0.187. The number of rotatable bonds is 2. The number of hydrogen-bond donors (Lipinski definition) is 2. The second-order valence-corrected chi connectivity index (χ2v) is 5.17. The Bertz CT molecular complexity index is 285. The van der Waals surface area contributed by atoms with Crippen molar-refractivity contribution < 1.29 is 5.11 Å². The molecule has 0 amide bonds. The molecule has 78 valence electrons. The highest BCUT2D eigenvalue weighted by Gasteiger charge is 2.32. The summed E-state index contributed by atoms with van der Waals surface area (Å²) in [5, 5.41) is 14.5. The van der Waals surface area contributed by atoms with E-state index in [1.165, 1.54) is 5.56 Å². The summed E-state index contributed by atoms with van der Waals surface area (Å²) in [4.78, 5) is 0. The first-order chi connectivity index (χ1) is 6.68. The molecule has 0 radical (unpaired) electrons. The third-order valence-corrected chi connectivity index (χ3v) is 3.70. The number of hydrogen-bond acceptors (Lipinski definition) is 3. The van der Waals surface area contributed by atoms with Crippen molar-refractivity contribution in [2.24, 2.45) is 5.73 Å². The van der Waals surface area contributed by atoms with E-state index in [-0.39, 0.29) is 6.04 Å². The first-order valence-corrected chi connectivity index (χ1v) is 6.11. The molecule has 1 aromatic rings. The molecule has 2 atom stereocenters. The first-order valence-electron chi connectivity index (χ1n) is 5.17. The molecule has 2 unspecified atom stereocenters. The van der Waals surface area contributed by atoms with Gasteiger partial charge in [0.25, 0.3) is 0 Å². The summed E-state index contributed by atoms with van der Waals surface area (Å²) in [5.41, 5.74) is 6.58. The Labute approximate surface area is 88.8 Å². The predicted octanol–water partition coefficient (Wildman–Crippen LogP) is 1.92. The molecule has 0 aromatic carbocycles. The van der Waals surface area contributed by atoms with Gasteiger partial charge in [0.1, 0.15) is 0 Å². The van der Waals surface area contributed by atoms with Crippen molar-refractivity contribution in [2.45, 2.75) is 43.7 Å². The Morgan fingerprint density at radius 3 is 3.14 bits per heavy atom. The van der Waals surface area contributed by atoms with Crippen molar-refractivity contribution in [1.82, 2.24) is 0 Å². The average molecular weight is 211 g/mol. The monoisotopic (exact) mass is 211 g/mol. The minimum Gasteiger partial charge on any atom is -0.389 e. The Kier molecular flexibility index (Phi) is 2.91. The normalized spacial score (nSPS) is 33.1. The fraction of sp³-hybridized carbons (Fsp3) is 0.636. The molecular formula is C11H17NOS. The zero-order chi connectivity index (χ0) is 10.0.